The van der Waals surface area contributed by atoms with Gasteiger partial charge in [-0.15, -0.1) is 0 Å². The van der Waals surface area contributed by atoms with Crippen LogP contribution in [0.4, 0.5) is 5.69 Å². The van der Waals surface area contributed by atoms with E-state index in [1.165, 1.54) is 0 Å². The number of hydrogen-bond donors (Lipinski definition) is 2. The molecule has 0 fully saturated rings. The second kappa shape index (κ2) is 6.14. The Bertz CT molecular complexity index is 847. The lowest BCUT2D eigenvalue weighted by Gasteiger charge is -2.38. The number of amides is 1. The lowest BCUT2D eigenvalue weighted by molar-refractivity contribution is 0.101. The number of carbonyl (C=O) groups is 1. The smallest absolute Gasteiger partial charge is 0.297 e. The van der Waals surface area contributed by atoms with Crippen molar-refractivity contribution in [2.24, 2.45) is 10.7 Å². The normalized spacial score (nSPS) is 22.3. The Morgan fingerprint density at radius 3 is 2.80 bits per heavy atom. The largest absolute Gasteiger partial charge is 0.378 e. The summed E-state index contributed by atoms with van der Waals surface area (Å²) in [5.74, 6) is -0.124. The average Bonchev–Trinajstić information content (AvgIpc) is 2.92. The van der Waals surface area contributed by atoms with Crippen LogP contribution in [0.15, 0.2) is 27.8 Å². The summed E-state index contributed by atoms with van der Waals surface area (Å²) in [5.41, 5.74) is 6.78. The fraction of sp³-hybridized carbons (Fsp3) is 0.438. The molecule has 3 N–H and O–H groups in total. The van der Waals surface area contributed by atoms with Crippen LogP contribution in [0.2, 0.25) is 0 Å². The second-order valence-corrected chi connectivity index (χ2v) is 8.51. The molecule has 0 bridgehead atoms. The van der Waals surface area contributed by atoms with Crippen LogP contribution in [0.5, 0.6) is 0 Å². The Kier molecular flexibility index (Phi) is 4.28. The maximum atomic E-state index is 12.2. The first-order valence-corrected chi connectivity index (χ1v) is 8.61. The van der Waals surface area contributed by atoms with Crippen molar-refractivity contribution in [3.8, 4) is 0 Å². The number of nitrogens with zero attached hydrogens (tertiary/aromatic N) is 4. The summed E-state index contributed by atoms with van der Waals surface area (Å²) in [4.78, 5) is 25.1. The number of aromatic nitrogens is 3. The molecule has 0 saturated carbocycles. The highest BCUT2D eigenvalue weighted by Crippen LogP contribution is 2.44. The van der Waals surface area contributed by atoms with E-state index in [2.05, 4.69) is 39.3 Å². The zero-order valence-corrected chi connectivity index (χ0v) is 15.3. The van der Waals surface area contributed by atoms with E-state index in [9.17, 15) is 4.79 Å². The van der Waals surface area contributed by atoms with Crippen LogP contribution in [0.3, 0.4) is 0 Å². The summed E-state index contributed by atoms with van der Waals surface area (Å²) in [6.07, 6.45) is 2.41. The molecule has 9 heteroatoms. The van der Waals surface area contributed by atoms with Crippen molar-refractivity contribution >= 4 is 28.5 Å². The van der Waals surface area contributed by atoms with E-state index < -0.39 is 11.4 Å². The highest BCUT2D eigenvalue weighted by atomic mass is 32.2. The standard InChI is InChI=1S/C16H20N6O2S/c1-9-19-12(22-24-9)13(23)20-10-5-6-18-11(7-10)16(4)8-15(2,3)25-14(17)21-16/h5-7H,8H2,1-4H3,(H2,17,21)(H,18,20,23)/t16-/m0/s1. The maximum Gasteiger partial charge on any atom is 0.297 e. The topological polar surface area (TPSA) is 119 Å². The summed E-state index contributed by atoms with van der Waals surface area (Å²) in [7, 11) is 0. The van der Waals surface area contributed by atoms with Gasteiger partial charge in [-0.1, -0.05) is 30.8 Å². The Labute approximate surface area is 149 Å². The number of amidine groups is 1. The van der Waals surface area contributed by atoms with E-state index in [1.807, 2.05) is 6.92 Å². The summed E-state index contributed by atoms with van der Waals surface area (Å²) < 4.78 is 4.77. The number of nitrogens with one attached hydrogen (secondary N) is 1. The first kappa shape index (κ1) is 17.4. The van der Waals surface area contributed by atoms with Gasteiger partial charge in [0.1, 0.15) is 5.54 Å². The quantitative estimate of drug-likeness (QED) is 0.862. The zero-order chi connectivity index (χ0) is 18.2. The van der Waals surface area contributed by atoms with Crippen LogP contribution in [0.1, 0.15) is 49.4 Å². The maximum absolute atomic E-state index is 12.2. The van der Waals surface area contributed by atoms with E-state index >= 15 is 0 Å². The molecule has 0 aromatic carbocycles. The molecule has 0 spiro atoms. The number of thioether (sulfide) groups is 1. The van der Waals surface area contributed by atoms with E-state index in [4.69, 9.17) is 10.3 Å². The highest BCUT2D eigenvalue weighted by molar-refractivity contribution is 8.15. The third kappa shape index (κ3) is 3.81. The van der Waals surface area contributed by atoms with Crippen LogP contribution in [-0.4, -0.2) is 30.9 Å². The minimum Gasteiger partial charge on any atom is -0.378 e. The molecule has 132 valence electrons. The summed E-state index contributed by atoms with van der Waals surface area (Å²) >= 11 is 1.56. The predicted molar refractivity (Wildman–Crippen MR) is 96.5 cm³/mol. The lowest BCUT2D eigenvalue weighted by Crippen LogP contribution is -2.38. The molecule has 3 heterocycles. The van der Waals surface area contributed by atoms with Gasteiger partial charge in [-0.3, -0.25) is 9.78 Å². The fourth-order valence-corrected chi connectivity index (χ4v) is 4.15. The molecule has 0 saturated heterocycles. The van der Waals surface area contributed by atoms with Gasteiger partial charge in [0.25, 0.3) is 11.7 Å². The molecule has 1 aliphatic rings. The van der Waals surface area contributed by atoms with Gasteiger partial charge in [0.05, 0.1) is 5.69 Å². The molecule has 1 aliphatic heterocycles. The molecule has 0 radical (unpaired) electrons. The van der Waals surface area contributed by atoms with E-state index in [-0.39, 0.29) is 10.6 Å². The van der Waals surface area contributed by atoms with Crippen LogP contribution >= 0.6 is 11.8 Å². The van der Waals surface area contributed by atoms with Gasteiger partial charge in [0, 0.05) is 23.6 Å². The molecule has 0 aliphatic carbocycles. The average molecular weight is 360 g/mol. The van der Waals surface area contributed by atoms with Crippen molar-refractivity contribution in [3.05, 3.63) is 35.7 Å². The molecule has 0 unspecified atom stereocenters. The molecular weight excluding hydrogens is 340 g/mol. The van der Waals surface area contributed by atoms with Crippen LogP contribution in [0.25, 0.3) is 0 Å². The number of nitrogens with two attached hydrogens (primary N) is 1. The van der Waals surface area contributed by atoms with E-state index in [0.717, 1.165) is 12.1 Å². The van der Waals surface area contributed by atoms with Crippen molar-refractivity contribution in [2.45, 2.75) is 44.4 Å². The van der Waals surface area contributed by atoms with Crippen molar-refractivity contribution in [1.82, 2.24) is 15.1 Å². The van der Waals surface area contributed by atoms with Crippen molar-refractivity contribution in [3.63, 3.8) is 0 Å². The van der Waals surface area contributed by atoms with Gasteiger partial charge >= 0.3 is 0 Å². The first-order chi connectivity index (χ1) is 11.7. The van der Waals surface area contributed by atoms with Crippen LogP contribution in [0, 0.1) is 6.92 Å². The molecule has 2 aromatic rings. The van der Waals surface area contributed by atoms with E-state index in [0.29, 0.717) is 16.7 Å². The number of rotatable bonds is 3. The lowest BCUT2D eigenvalue weighted by atomic mass is 9.87. The fourth-order valence-electron chi connectivity index (χ4n) is 2.98. The Morgan fingerprint density at radius 2 is 2.16 bits per heavy atom. The highest BCUT2D eigenvalue weighted by Gasteiger charge is 2.40. The molecule has 8 nitrogen and oxygen atoms in total. The van der Waals surface area contributed by atoms with Crippen molar-refractivity contribution in [2.75, 3.05) is 5.32 Å². The number of anilines is 1. The summed E-state index contributed by atoms with van der Waals surface area (Å²) in [6.45, 7) is 7.88. The van der Waals surface area contributed by atoms with Crippen LogP contribution < -0.4 is 11.1 Å². The van der Waals surface area contributed by atoms with Crippen molar-refractivity contribution in [1.29, 1.82) is 0 Å². The van der Waals surface area contributed by atoms with Gasteiger partial charge in [-0.25, -0.2) is 4.99 Å². The first-order valence-electron chi connectivity index (χ1n) is 7.79. The predicted octanol–water partition coefficient (Wildman–Crippen LogP) is 2.47. The number of pyridine rings is 1. The monoisotopic (exact) mass is 360 g/mol. The summed E-state index contributed by atoms with van der Waals surface area (Å²) in [5, 5.41) is 6.90. The number of hydrogen-bond acceptors (Lipinski definition) is 8. The van der Waals surface area contributed by atoms with Gasteiger partial charge in [-0.05, 0) is 25.5 Å². The van der Waals surface area contributed by atoms with Crippen molar-refractivity contribution < 1.29 is 9.32 Å². The molecule has 2 aromatic heterocycles. The van der Waals surface area contributed by atoms with Gasteiger partial charge in [0.15, 0.2) is 5.17 Å². The Morgan fingerprint density at radius 1 is 1.40 bits per heavy atom. The van der Waals surface area contributed by atoms with Gasteiger partial charge in [-0.2, -0.15) is 4.98 Å². The SMILES string of the molecule is Cc1nc(C(=O)Nc2ccnc([C@]3(C)CC(C)(C)SC(N)=N3)c2)no1. The molecule has 25 heavy (non-hydrogen) atoms. The van der Waals surface area contributed by atoms with E-state index in [1.54, 1.807) is 37.0 Å². The van der Waals surface area contributed by atoms with Gasteiger partial charge < -0.3 is 15.6 Å². The minimum absolute atomic E-state index is 0.0143. The third-order valence-corrected chi connectivity index (χ3v) is 4.81. The molecule has 3 rings (SSSR count). The number of aliphatic imine (C=N–C) groups is 1. The zero-order valence-electron chi connectivity index (χ0n) is 14.5. The second-order valence-electron chi connectivity index (χ2n) is 6.78. The summed E-state index contributed by atoms with van der Waals surface area (Å²) in [6, 6.07) is 3.50. The molecular formula is C16H20N6O2S. The third-order valence-electron chi connectivity index (χ3n) is 3.81. The Balaban J connectivity index is 1.86. The molecule has 1 amide bonds. The minimum atomic E-state index is -0.553. The van der Waals surface area contributed by atoms with Gasteiger partial charge in [0.2, 0.25) is 5.89 Å². The Hall–Kier alpha value is -2.42. The molecule has 1 atom stereocenters. The number of carbonyl (C=O) groups excluding carboxylic acids is 1. The van der Waals surface area contributed by atoms with Crippen LogP contribution in [-0.2, 0) is 5.54 Å². The number of aryl methyl sites for hydroxylation is 1.